The van der Waals surface area contributed by atoms with Crippen molar-refractivity contribution in [1.82, 2.24) is 0 Å². The summed E-state index contributed by atoms with van der Waals surface area (Å²) in [5.41, 5.74) is 3.44. The molecule has 86 valence electrons. The Morgan fingerprint density at radius 2 is 2.38 bits per heavy atom. The van der Waals surface area contributed by atoms with E-state index in [1.54, 1.807) is 7.11 Å². The summed E-state index contributed by atoms with van der Waals surface area (Å²) < 4.78 is 5.34. The van der Waals surface area contributed by atoms with Crippen molar-refractivity contribution in [2.75, 3.05) is 13.0 Å². The maximum Gasteiger partial charge on any atom is 0.119 e. The first kappa shape index (κ1) is 10.5. The third-order valence-corrected chi connectivity index (χ3v) is 4.71. The van der Waals surface area contributed by atoms with Crippen LogP contribution in [0.3, 0.4) is 0 Å². The molecule has 1 fully saturated rings. The van der Waals surface area contributed by atoms with Gasteiger partial charge < -0.3 is 4.74 Å². The molecule has 0 aromatic heterocycles. The fraction of sp³-hybridized carbons (Fsp3) is 0.571. The minimum absolute atomic E-state index is 0.407. The molecule has 0 N–H and O–H groups in total. The van der Waals surface area contributed by atoms with Gasteiger partial charge in [-0.3, -0.25) is 0 Å². The average Bonchev–Trinajstić information content (AvgIpc) is 3.04. The quantitative estimate of drug-likeness (QED) is 0.714. The molecule has 3 rings (SSSR count). The van der Waals surface area contributed by atoms with Crippen molar-refractivity contribution in [3.05, 3.63) is 29.3 Å². The molecular formula is C14H17ClO. The molecule has 0 aliphatic heterocycles. The van der Waals surface area contributed by atoms with Crippen LogP contribution in [0.15, 0.2) is 18.2 Å². The number of ether oxygens (including phenoxy) is 1. The van der Waals surface area contributed by atoms with Gasteiger partial charge in [-0.1, -0.05) is 6.07 Å². The molecule has 0 heterocycles. The summed E-state index contributed by atoms with van der Waals surface area (Å²) in [7, 11) is 1.74. The first-order chi connectivity index (χ1) is 7.80. The van der Waals surface area contributed by atoms with E-state index in [-0.39, 0.29) is 0 Å². The van der Waals surface area contributed by atoms with Crippen molar-refractivity contribution in [1.29, 1.82) is 0 Å². The van der Waals surface area contributed by atoms with E-state index in [1.807, 2.05) is 0 Å². The predicted molar refractivity (Wildman–Crippen MR) is 66.4 cm³/mol. The van der Waals surface area contributed by atoms with Crippen molar-refractivity contribution in [3.8, 4) is 5.75 Å². The van der Waals surface area contributed by atoms with Crippen LogP contribution in [-0.4, -0.2) is 13.0 Å². The number of methoxy groups -OCH3 is 1. The van der Waals surface area contributed by atoms with Crippen LogP contribution in [0.5, 0.6) is 5.75 Å². The average molecular weight is 237 g/mol. The van der Waals surface area contributed by atoms with E-state index in [9.17, 15) is 0 Å². The summed E-state index contributed by atoms with van der Waals surface area (Å²) in [6.07, 6.45) is 5.12. The van der Waals surface area contributed by atoms with Crippen molar-refractivity contribution in [3.63, 3.8) is 0 Å². The molecule has 0 saturated heterocycles. The molecule has 2 aliphatic rings. The third kappa shape index (κ3) is 1.37. The molecule has 2 atom stereocenters. The summed E-state index contributed by atoms with van der Waals surface area (Å²) in [4.78, 5) is 0. The fourth-order valence-electron chi connectivity index (χ4n) is 3.31. The summed E-state index contributed by atoms with van der Waals surface area (Å²) in [5, 5.41) is 0. The maximum atomic E-state index is 6.03. The van der Waals surface area contributed by atoms with Gasteiger partial charge in [0.2, 0.25) is 0 Å². The zero-order chi connectivity index (χ0) is 11.2. The van der Waals surface area contributed by atoms with Gasteiger partial charge in [0.05, 0.1) is 7.11 Å². The Morgan fingerprint density at radius 3 is 3.06 bits per heavy atom. The van der Waals surface area contributed by atoms with Crippen LogP contribution in [0.2, 0.25) is 0 Å². The molecule has 0 bridgehead atoms. The molecule has 1 spiro atoms. The number of rotatable bonds is 2. The van der Waals surface area contributed by atoms with E-state index >= 15 is 0 Å². The Morgan fingerprint density at radius 1 is 1.50 bits per heavy atom. The van der Waals surface area contributed by atoms with E-state index in [2.05, 4.69) is 18.2 Å². The number of halogens is 1. The lowest BCUT2D eigenvalue weighted by atomic mass is 9.79. The monoisotopic (exact) mass is 236 g/mol. The number of alkyl halides is 1. The molecule has 1 aromatic carbocycles. The second kappa shape index (κ2) is 3.66. The number of benzene rings is 1. The molecule has 1 aromatic rings. The molecule has 2 aliphatic carbocycles. The largest absolute Gasteiger partial charge is 0.497 e. The van der Waals surface area contributed by atoms with E-state index in [4.69, 9.17) is 16.3 Å². The Kier molecular flexibility index (Phi) is 2.39. The van der Waals surface area contributed by atoms with Crippen molar-refractivity contribution < 1.29 is 4.74 Å². The molecule has 0 amide bonds. The molecular weight excluding hydrogens is 220 g/mol. The van der Waals surface area contributed by atoms with Crippen LogP contribution in [0.25, 0.3) is 0 Å². The topological polar surface area (TPSA) is 9.23 Å². The van der Waals surface area contributed by atoms with E-state index < -0.39 is 0 Å². The Bertz CT molecular complexity index is 415. The van der Waals surface area contributed by atoms with Crippen molar-refractivity contribution >= 4 is 11.6 Å². The highest BCUT2D eigenvalue weighted by molar-refractivity contribution is 6.18. The highest BCUT2D eigenvalue weighted by Crippen LogP contribution is 2.60. The maximum absolute atomic E-state index is 6.03. The summed E-state index contributed by atoms with van der Waals surface area (Å²) in [6, 6.07) is 6.55. The van der Waals surface area contributed by atoms with Crippen molar-refractivity contribution in [2.24, 2.45) is 5.92 Å². The zero-order valence-corrected chi connectivity index (χ0v) is 10.4. The van der Waals surface area contributed by atoms with E-state index in [0.717, 1.165) is 11.6 Å². The second-order valence-corrected chi connectivity index (χ2v) is 5.40. The smallest absolute Gasteiger partial charge is 0.119 e. The normalized spacial score (nSPS) is 31.2. The van der Waals surface area contributed by atoms with Crippen LogP contribution in [0, 0.1) is 5.92 Å². The first-order valence-electron chi connectivity index (χ1n) is 6.03. The van der Waals surface area contributed by atoms with Gasteiger partial charge in [-0.05, 0) is 54.9 Å². The molecule has 2 heteroatoms. The van der Waals surface area contributed by atoms with Crippen LogP contribution in [0.1, 0.15) is 30.4 Å². The van der Waals surface area contributed by atoms with E-state index in [0.29, 0.717) is 11.3 Å². The van der Waals surface area contributed by atoms with E-state index in [1.165, 1.54) is 36.8 Å². The minimum Gasteiger partial charge on any atom is -0.497 e. The lowest BCUT2D eigenvalue weighted by Crippen LogP contribution is -2.19. The lowest BCUT2D eigenvalue weighted by Gasteiger charge is -2.27. The third-order valence-electron chi connectivity index (χ3n) is 4.34. The Labute approximate surface area is 102 Å². The van der Waals surface area contributed by atoms with Crippen LogP contribution >= 0.6 is 11.6 Å². The first-order valence-corrected chi connectivity index (χ1v) is 6.57. The Hall–Kier alpha value is -0.690. The number of hydrogen-bond acceptors (Lipinski definition) is 1. The van der Waals surface area contributed by atoms with Gasteiger partial charge in [-0.25, -0.2) is 0 Å². The minimum atomic E-state index is 0.407. The molecule has 1 nitrogen and oxygen atoms in total. The predicted octanol–water partition coefficient (Wildman–Crippen LogP) is 3.53. The SMILES string of the molecule is COc1ccc2c(c1)C1(CCC2)CC1CCl. The summed E-state index contributed by atoms with van der Waals surface area (Å²) >= 11 is 6.03. The van der Waals surface area contributed by atoms with Crippen molar-refractivity contribution in [2.45, 2.75) is 31.1 Å². The summed E-state index contributed by atoms with van der Waals surface area (Å²) in [6.45, 7) is 0. The standard InChI is InChI=1S/C14H17ClO/c1-16-12-5-4-10-3-2-6-14(13(10)7-12)8-11(14)9-15/h4-5,7,11H,2-3,6,8-9H2,1H3. The Balaban J connectivity index is 2.04. The molecule has 2 unspecified atom stereocenters. The van der Waals surface area contributed by atoms with Gasteiger partial charge in [0, 0.05) is 11.3 Å². The van der Waals surface area contributed by atoms with Crippen LogP contribution in [-0.2, 0) is 11.8 Å². The molecule has 0 radical (unpaired) electrons. The van der Waals surface area contributed by atoms with Gasteiger partial charge in [-0.2, -0.15) is 0 Å². The van der Waals surface area contributed by atoms with Gasteiger partial charge in [-0.15, -0.1) is 11.6 Å². The van der Waals surface area contributed by atoms with Gasteiger partial charge >= 0.3 is 0 Å². The van der Waals surface area contributed by atoms with Gasteiger partial charge in [0.1, 0.15) is 5.75 Å². The highest BCUT2D eigenvalue weighted by Gasteiger charge is 2.55. The van der Waals surface area contributed by atoms with Crippen LogP contribution in [0.4, 0.5) is 0 Å². The summed E-state index contributed by atoms with van der Waals surface area (Å²) in [5.74, 6) is 2.48. The van der Waals surface area contributed by atoms with Crippen LogP contribution < -0.4 is 4.74 Å². The fourth-order valence-corrected chi connectivity index (χ4v) is 3.72. The molecule has 16 heavy (non-hydrogen) atoms. The number of hydrogen-bond donors (Lipinski definition) is 0. The second-order valence-electron chi connectivity index (χ2n) is 5.09. The van der Waals surface area contributed by atoms with Gasteiger partial charge in [0.25, 0.3) is 0 Å². The molecule has 1 saturated carbocycles. The number of fused-ring (bicyclic) bond motifs is 2. The number of aryl methyl sites for hydroxylation is 1. The zero-order valence-electron chi connectivity index (χ0n) is 9.63. The lowest BCUT2D eigenvalue weighted by molar-refractivity contribution is 0.411. The highest BCUT2D eigenvalue weighted by atomic mass is 35.5. The van der Waals surface area contributed by atoms with Gasteiger partial charge in [0.15, 0.2) is 0 Å².